The summed E-state index contributed by atoms with van der Waals surface area (Å²) in [6.45, 7) is 3.76. The smallest absolute Gasteiger partial charge is 0.267 e. The topological polar surface area (TPSA) is 90.0 Å². The predicted octanol–water partition coefficient (Wildman–Crippen LogP) is 2.62. The van der Waals surface area contributed by atoms with Crippen molar-refractivity contribution in [3.63, 3.8) is 0 Å². The molecule has 0 spiro atoms. The van der Waals surface area contributed by atoms with Crippen molar-refractivity contribution in [1.82, 2.24) is 20.0 Å². The molecular formula is C17H17ClN4O3. The van der Waals surface area contributed by atoms with Crippen molar-refractivity contribution in [3.8, 4) is 11.3 Å². The van der Waals surface area contributed by atoms with Crippen LogP contribution >= 0.6 is 11.6 Å². The lowest BCUT2D eigenvalue weighted by molar-refractivity contribution is -0.122. The first kappa shape index (κ1) is 17.2. The number of aromatic nitrogens is 3. The molecule has 0 bridgehead atoms. The van der Waals surface area contributed by atoms with E-state index in [1.807, 2.05) is 13.8 Å². The van der Waals surface area contributed by atoms with Crippen LogP contribution in [-0.2, 0) is 11.3 Å². The SMILES string of the molecule is CCC(C)NC(=O)Cn1cnc2onc(-c3ccc(Cl)cc3)c2c1=O. The van der Waals surface area contributed by atoms with Crippen molar-refractivity contribution in [2.45, 2.75) is 32.9 Å². The fourth-order valence-electron chi connectivity index (χ4n) is 2.38. The third-order valence-electron chi connectivity index (χ3n) is 3.91. The number of benzene rings is 1. The summed E-state index contributed by atoms with van der Waals surface area (Å²) in [5, 5.41) is 7.58. The van der Waals surface area contributed by atoms with Crippen LogP contribution in [0.2, 0.25) is 5.02 Å². The van der Waals surface area contributed by atoms with Gasteiger partial charge in [0.25, 0.3) is 11.3 Å². The summed E-state index contributed by atoms with van der Waals surface area (Å²) in [5.41, 5.74) is 0.814. The molecule has 1 unspecified atom stereocenters. The molecule has 0 radical (unpaired) electrons. The quantitative estimate of drug-likeness (QED) is 0.755. The van der Waals surface area contributed by atoms with Gasteiger partial charge < -0.3 is 9.84 Å². The van der Waals surface area contributed by atoms with Crippen LogP contribution in [0.1, 0.15) is 20.3 Å². The van der Waals surface area contributed by atoms with Gasteiger partial charge in [-0.3, -0.25) is 14.2 Å². The number of carbonyl (C=O) groups is 1. The molecule has 1 atom stereocenters. The number of rotatable bonds is 5. The Bertz CT molecular complexity index is 962. The van der Waals surface area contributed by atoms with E-state index in [9.17, 15) is 9.59 Å². The lowest BCUT2D eigenvalue weighted by atomic mass is 10.1. The maximum absolute atomic E-state index is 12.8. The predicted molar refractivity (Wildman–Crippen MR) is 94.4 cm³/mol. The summed E-state index contributed by atoms with van der Waals surface area (Å²) in [5.74, 6) is -0.248. The molecule has 8 heteroatoms. The summed E-state index contributed by atoms with van der Waals surface area (Å²) in [6, 6.07) is 6.93. The Balaban J connectivity index is 1.99. The average Bonchev–Trinajstić information content (AvgIpc) is 3.02. The largest absolute Gasteiger partial charge is 0.352 e. The summed E-state index contributed by atoms with van der Waals surface area (Å²) in [7, 11) is 0. The number of hydrogen-bond acceptors (Lipinski definition) is 5. The molecule has 130 valence electrons. The Hall–Kier alpha value is -2.67. The summed E-state index contributed by atoms with van der Waals surface area (Å²) in [4.78, 5) is 28.9. The molecule has 2 heterocycles. The van der Waals surface area contributed by atoms with Crippen molar-refractivity contribution in [1.29, 1.82) is 0 Å². The van der Waals surface area contributed by atoms with E-state index in [-0.39, 0.29) is 35.2 Å². The number of nitrogens with zero attached hydrogens (tertiary/aromatic N) is 3. The number of fused-ring (bicyclic) bond motifs is 1. The normalized spacial score (nSPS) is 12.3. The van der Waals surface area contributed by atoms with Crippen LogP contribution in [0, 0.1) is 0 Å². The van der Waals surface area contributed by atoms with Crippen molar-refractivity contribution in [3.05, 3.63) is 46.0 Å². The van der Waals surface area contributed by atoms with Crippen LogP contribution in [0.4, 0.5) is 0 Å². The monoisotopic (exact) mass is 360 g/mol. The first-order chi connectivity index (χ1) is 12.0. The van der Waals surface area contributed by atoms with Crippen molar-refractivity contribution < 1.29 is 9.32 Å². The van der Waals surface area contributed by atoms with E-state index in [2.05, 4.69) is 15.5 Å². The molecule has 2 aromatic heterocycles. The van der Waals surface area contributed by atoms with Crippen LogP contribution in [0.3, 0.4) is 0 Å². The molecule has 0 saturated heterocycles. The summed E-state index contributed by atoms with van der Waals surface area (Å²) >= 11 is 5.89. The molecule has 3 aromatic rings. The number of halogens is 1. The van der Waals surface area contributed by atoms with Gasteiger partial charge in [0.2, 0.25) is 5.91 Å². The third-order valence-corrected chi connectivity index (χ3v) is 4.17. The van der Waals surface area contributed by atoms with Gasteiger partial charge in [0.15, 0.2) is 0 Å². The second-order valence-electron chi connectivity index (χ2n) is 5.77. The summed E-state index contributed by atoms with van der Waals surface area (Å²) in [6.07, 6.45) is 2.10. The molecule has 1 N–H and O–H groups in total. The third kappa shape index (κ3) is 3.56. The zero-order valence-electron chi connectivity index (χ0n) is 13.8. The van der Waals surface area contributed by atoms with Gasteiger partial charge in [-0.1, -0.05) is 35.8 Å². The van der Waals surface area contributed by atoms with Crippen LogP contribution in [0.5, 0.6) is 0 Å². The minimum Gasteiger partial charge on any atom is -0.352 e. The van der Waals surface area contributed by atoms with Crippen molar-refractivity contribution in [2.75, 3.05) is 0 Å². The van der Waals surface area contributed by atoms with Gasteiger partial charge in [0.05, 0.1) is 0 Å². The standard InChI is InChI=1S/C17H17ClN4O3/c1-3-10(2)20-13(23)8-22-9-19-16-14(17(22)24)15(21-25-16)11-4-6-12(18)7-5-11/h4-7,9-10H,3,8H2,1-2H3,(H,20,23). The van der Waals surface area contributed by atoms with E-state index in [1.54, 1.807) is 24.3 Å². The van der Waals surface area contributed by atoms with Crippen molar-refractivity contribution >= 4 is 28.6 Å². The number of hydrogen-bond donors (Lipinski definition) is 1. The highest BCUT2D eigenvalue weighted by molar-refractivity contribution is 6.30. The van der Waals surface area contributed by atoms with Gasteiger partial charge in [0.1, 0.15) is 24.0 Å². The molecule has 0 aliphatic rings. The fraction of sp³-hybridized carbons (Fsp3) is 0.294. The van der Waals surface area contributed by atoms with E-state index in [0.29, 0.717) is 16.3 Å². The van der Waals surface area contributed by atoms with E-state index >= 15 is 0 Å². The lowest BCUT2D eigenvalue weighted by Gasteiger charge is -2.11. The number of carbonyl (C=O) groups excluding carboxylic acids is 1. The minimum absolute atomic E-state index is 0.0418. The molecule has 0 fully saturated rings. The van der Waals surface area contributed by atoms with Crippen molar-refractivity contribution in [2.24, 2.45) is 0 Å². The highest BCUT2D eigenvalue weighted by Gasteiger charge is 2.18. The van der Waals surface area contributed by atoms with Gasteiger partial charge in [-0.2, -0.15) is 0 Å². The molecular weight excluding hydrogens is 344 g/mol. The molecule has 0 aliphatic heterocycles. The maximum Gasteiger partial charge on any atom is 0.267 e. The van der Waals surface area contributed by atoms with Gasteiger partial charge in [-0.05, 0) is 25.5 Å². The fourth-order valence-corrected chi connectivity index (χ4v) is 2.50. The molecule has 3 rings (SSSR count). The van der Waals surface area contributed by atoms with Crippen LogP contribution in [0.25, 0.3) is 22.4 Å². The Morgan fingerprint density at radius 3 is 2.76 bits per heavy atom. The highest BCUT2D eigenvalue weighted by Crippen LogP contribution is 2.25. The minimum atomic E-state index is -0.379. The summed E-state index contributed by atoms with van der Waals surface area (Å²) < 4.78 is 6.40. The molecule has 7 nitrogen and oxygen atoms in total. The molecule has 25 heavy (non-hydrogen) atoms. The van der Waals surface area contributed by atoms with E-state index in [4.69, 9.17) is 16.1 Å². The lowest BCUT2D eigenvalue weighted by Crippen LogP contribution is -2.37. The van der Waals surface area contributed by atoms with Crippen LogP contribution < -0.4 is 10.9 Å². The van der Waals surface area contributed by atoms with Crippen LogP contribution in [0.15, 0.2) is 39.9 Å². The molecule has 0 aliphatic carbocycles. The molecule has 1 amide bonds. The number of amides is 1. The van der Waals surface area contributed by atoms with Crippen LogP contribution in [-0.4, -0.2) is 26.7 Å². The molecule has 1 aromatic carbocycles. The maximum atomic E-state index is 12.8. The van der Waals surface area contributed by atoms with Gasteiger partial charge in [-0.15, -0.1) is 0 Å². The van der Waals surface area contributed by atoms with Gasteiger partial charge in [0, 0.05) is 16.6 Å². The van der Waals surface area contributed by atoms with Gasteiger partial charge in [-0.25, -0.2) is 4.98 Å². The Morgan fingerprint density at radius 1 is 1.36 bits per heavy atom. The van der Waals surface area contributed by atoms with E-state index < -0.39 is 0 Å². The highest BCUT2D eigenvalue weighted by atomic mass is 35.5. The zero-order valence-corrected chi connectivity index (χ0v) is 14.6. The zero-order chi connectivity index (χ0) is 18.0. The molecule has 0 saturated carbocycles. The Kier molecular flexibility index (Phi) is 4.85. The van der Waals surface area contributed by atoms with E-state index in [0.717, 1.165) is 6.42 Å². The van der Waals surface area contributed by atoms with Gasteiger partial charge >= 0.3 is 0 Å². The first-order valence-electron chi connectivity index (χ1n) is 7.89. The second kappa shape index (κ2) is 7.06. The number of nitrogens with one attached hydrogen (secondary N) is 1. The van der Waals surface area contributed by atoms with E-state index in [1.165, 1.54) is 10.9 Å². The first-order valence-corrected chi connectivity index (χ1v) is 8.27. The Labute approximate surface area is 148 Å². The second-order valence-corrected chi connectivity index (χ2v) is 6.21. The average molecular weight is 361 g/mol. The Morgan fingerprint density at radius 2 is 2.08 bits per heavy atom.